The molecule has 0 atom stereocenters. The second-order valence-electron chi connectivity index (χ2n) is 5.75. The molecule has 0 bridgehead atoms. The van der Waals surface area contributed by atoms with Gasteiger partial charge in [-0.1, -0.05) is 25.8 Å². The minimum absolute atomic E-state index is 0.415. The summed E-state index contributed by atoms with van der Waals surface area (Å²) in [6.07, 6.45) is 6.90. The first-order chi connectivity index (χ1) is 12.8. The number of pyridine rings is 1. The van der Waals surface area contributed by atoms with Crippen molar-refractivity contribution < 1.29 is 4.74 Å². The van der Waals surface area contributed by atoms with Gasteiger partial charge in [-0.05, 0) is 60.6 Å². The second-order valence-corrected chi connectivity index (χ2v) is 6.14. The molecule has 26 heavy (non-hydrogen) atoms. The monoisotopic (exact) mass is 367 g/mol. The van der Waals surface area contributed by atoms with Crippen LogP contribution in [0.25, 0.3) is 11.5 Å². The fourth-order valence-corrected chi connectivity index (χ4v) is 2.56. The van der Waals surface area contributed by atoms with E-state index in [1.54, 1.807) is 17.1 Å². The Balaban J connectivity index is 1.71. The van der Waals surface area contributed by atoms with Crippen LogP contribution in [-0.4, -0.2) is 32.7 Å². The quantitative estimate of drug-likeness (QED) is 0.363. The van der Waals surface area contributed by atoms with Gasteiger partial charge in [0.1, 0.15) is 11.4 Å². The first-order valence-corrected chi connectivity index (χ1v) is 9.05. The van der Waals surface area contributed by atoms with Crippen molar-refractivity contribution in [1.29, 1.82) is 0 Å². The van der Waals surface area contributed by atoms with Crippen molar-refractivity contribution >= 4 is 18.4 Å². The third-order valence-electron chi connectivity index (χ3n) is 3.76. The van der Waals surface area contributed by atoms with E-state index in [-0.39, 0.29) is 0 Å². The molecule has 3 rings (SSSR count). The Bertz CT molecular complexity index is 900. The van der Waals surface area contributed by atoms with Crippen molar-refractivity contribution in [3.63, 3.8) is 0 Å². The molecule has 6 nitrogen and oxygen atoms in total. The summed E-state index contributed by atoms with van der Waals surface area (Å²) in [6.45, 7) is 2.93. The smallest absolute Gasteiger partial charge is 0.216 e. The van der Waals surface area contributed by atoms with Crippen LogP contribution in [0.4, 0.5) is 0 Å². The number of aromatic nitrogens is 4. The summed E-state index contributed by atoms with van der Waals surface area (Å²) in [4.78, 5) is 4.29. The largest absolute Gasteiger partial charge is 0.494 e. The fourth-order valence-electron chi connectivity index (χ4n) is 2.38. The molecular formula is C19H21N5OS. The molecule has 0 aliphatic rings. The average Bonchev–Trinajstić information content (AvgIpc) is 3.06. The van der Waals surface area contributed by atoms with Gasteiger partial charge in [-0.2, -0.15) is 14.9 Å². The predicted octanol–water partition coefficient (Wildman–Crippen LogP) is 4.45. The molecule has 0 unspecified atom stereocenters. The Hall–Kier alpha value is -2.80. The van der Waals surface area contributed by atoms with E-state index in [9.17, 15) is 0 Å². The van der Waals surface area contributed by atoms with Crippen LogP contribution in [0.2, 0.25) is 0 Å². The topological polar surface area (TPSA) is 68.1 Å². The molecular weight excluding hydrogens is 346 g/mol. The lowest BCUT2D eigenvalue weighted by Gasteiger charge is -2.05. The first-order valence-electron chi connectivity index (χ1n) is 8.64. The molecule has 134 valence electrons. The molecule has 0 aliphatic carbocycles. The molecule has 0 spiro atoms. The SMILES string of the molecule is CCCCCOc1ccc(C=Nn2c(-c3ccccn3)n[nH]c2=S)cc1. The zero-order chi connectivity index (χ0) is 18.2. The maximum absolute atomic E-state index is 5.72. The van der Waals surface area contributed by atoms with E-state index in [4.69, 9.17) is 17.0 Å². The number of hydrogen-bond donors (Lipinski definition) is 1. The van der Waals surface area contributed by atoms with Crippen molar-refractivity contribution in [2.24, 2.45) is 5.10 Å². The molecule has 1 aromatic carbocycles. The Morgan fingerprint density at radius 3 is 2.77 bits per heavy atom. The number of ether oxygens (including phenoxy) is 1. The molecule has 7 heteroatoms. The number of H-pyrrole nitrogens is 1. The summed E-state index contributed by atoms with van der Waals surface area (Å²) in [5, 5.41) is 11.4. The number of unbranched alkanes of at least 4 members (excludes halogenated alkanes) is 2. The van der Waals surface area contributed by atoms with E-state index in [2.05, 4.69) is 27.2 Å². The van der Waals surface area contributed by atoms with Crippen LogP contribution in [0.5, 0.6) is 5.75 Å². The molecule has 0 amide bonds. The lowest BCUT2D eigenvalue weighted by molar-refractivity contribution is 0.306. The highest BCUT2D eigenvalue weighted by atomic mass is 32.1. The van der Waals surface area contributed by atoms with Crippen molar-refractivity contribution in [1.82, 2.24) is 19.9 Å². The molecule has 1 N–H and O–H groups in total. The van der Waals surface area contributed by atoms with Gasteiger partial charge >= 0.3 is 0 Å². The molecule has 0 radical (unpaired) electrons. The zero-order valence-electron chi connectivity index (χ0n) is 14.6. The molecule has 2 heterocycles. The summed E-state index contributed by atoms with van der Waals surface area (Å²) in [6, 6.07) is 13.4. The van der Waals surface area contributed by atoms with Gasteiger partial charge in [0, 0.05) is 6.20 Å². The average molecular weight is 367 g/mol. The standard InChI is InChI=1S/C19H21N5OS/c1-2-3-6-13-25-16-10-8-15(9-11-16)14-21-24-18(22-23-19(24)26)17-7-4-5-12-20-17/h4-5,7-12,14H,2-3,6,13H2,1H3,(H,23,26). The van der Waals surface area contributed by atoms with E-state index >= 15 is 0 Å². The van der Waals surface area contributed by atoms with Crippen molar-refractivity contribution in [3.05, 3.63) is 59.0 Å². The van der Waals surface area contributed by atoms with Crippen molar-refractivity contribution in [2.75, 3.05) is 6.61 Å². The van der Waals surface area contributed by atoms with Crippen LogP contribution < -0.4 is 4.74 Å². The maximum atomic E-state index is 5.72. The van der Waals surface area contributed by atoms with E-state index < -0.39 is 0 Å². The van der Waals surface area contributed by atoms with Crippen LogP contribution in [0, 0.1) is 4.77 Å². The van der Waals surface area contributed by atoms with Crippen LogP contribution in [0.15, 0.2) is 53.8 Å². The zero-order valence-corrected chi connectivity index (χ0v) is 15.4. The summed E-state index contributed by atoms with van der Waals surface area (Å²) in [5.74, 6) is 1.44. The van der Waals surface area contributed by atoms with E-state index in [1.165, 1.54) is 12.8 Å². The third-order valence-corrected chi connectivity index (χ3v) is 4.03. The fraction of sp³-hybridized carbons (Fsp3) is 0.263. The Labute approximate surface area is 157 Å². The lowest BCUT2D eigenvalue weighted by Crippen LogP contribution is -1.98. The molecule has 3 aromatic rings. The van der Waals surface area contributed by atoms with Gasteiger partial charge in [-0.3, -0.25) is 4.98 Å². The van der Waals surface area contributed by atoms with Gasteiger partial charge in [0.15, 0.2) is 0 Å². The molecule has 0 saturated carbocycles. The second kappa shape index (κ2) is 9.05. The highest BCUT2D eigenvalue weighted by molar-refractivity contribution is 7.71. The summed E-state index contributed by atoms with van der Waals surface area (Å²) in [7, 11) is 0. The summed E-state index contributed by atoms with van der Waals surface area (Å²) in [5.41, 5.74) is 1.65. The van der Waals surface area contributed by atoms with Gasteiger partial charge < -0.3 is 4.74 Å². The van der Waals surface area contributed by atoms with E-state index in [0.29, 0.717) is 16.3 Å². The highest BCUT2D eigenvalue weighted by Gasteiger charge is 2.08. The van der Waals surface area contributed by atoms with Crippen LogP contribution in [0.1, 0.15) is 31.7 Å². The minimum Gasteiger partial charge on any atom is -0.494 e. The number of benzene rings is 1. The summed E-state index contributed by atoms with van der Waals surface area (Å²) < 4.78 is 7.70. The van der Waals surface area contributed by atoms with Gasteiger partial charge in [0.25, 0.3) is 0 Å². The van der Waals surface area contributed by atoms with Gasteiger partial charge in [-0.25, -0.2) is 5.10 Å². The minimum atomic E-state index is 0.415. The van der Waals surface area contributed by atoms with Crippen molar-refractivity contribution in [3.8, 4) is 17.3 Å². The third kappa shape index (κ3) is 4.64. The lowest BCUT2D eigenvalue weighted by atomic mass is 10.2. The number of nitrogens with zero attached hydrogens (tertiary/aromatic N) is 4. The Morgan fingerprint density at radius 1 is 1.19 bits per heavy atom. The molecule has 2 aromatic heterocycles. The number of nitrogens with one attached hydrogen (secondary N) is 1. The van der Waals surface area contributed by atoms with Gasteiger partial charge in [-0.15, -0.1) is 0 Å². The normalized spacial score (nSPS) is 11.1. The van der Waals surface area contributed by atoms with Crippen molar-refractivity contribution in [2.45, 2.75) is 26.2 Å². The van der Waals surface area contributed by atoms with Gasteiger partial charge in [0.2, 0.25) is 10.6 Å². The number of hydrogen-bond acceptors (Lipinski definition) is 5. The highest BCUT2D eigenvalue weighted by Crippen LogP contribution is 2.15. The summed E-state index contributed by atoms with van der Waals surface area (Å²) >= 11 is 5.26. The molecule has 0 fully saturated rings. The van der Waals surface area contributed by atoms with E-state index in [0.717, 1.165) is 24.3 Å². The van der Waals surface area contributed by atoms with E-state index in [1.807, 2.05) is 42.5 Å². The first kappa shape index (κ1) is 18.0. The Morgan fingerprint density at radius 2 is 2.04 bits per heavy atom. The maximum Gasteiger partial charge on any atom is 0.216 e. The van der Waals surface area contributed by atoms with Gasteiger partial charge in [0.05, 0.1) is 12.8 Å². The molecule has 0 saturated heterocycles. The number of aromatic amines is 1. The predicted molar refractivity (Wildman–Crippen MR) is 105 cm³/mol. The Kier molecular flexibility index (Phi) is 6.27. The van der Waals surface area contributed by atoms with Crippen LogP contribution >= 0.6 is 12.2 Å². The molecule has 0 aliphatic heterocycles. The number of rotatable bonds is 8. The van der Waals surface area contributed by atoms with Crippen LogP contribution in [0.3, 0.4) is 0 Å². The van der Waals surface area contributed by atoms with Crippen LogP contribution in [-0.2, 0) is 0 Å².